The van der Waals surface area contributed by atoms with E-state index in [1.54, 1.807) is 65.1 Å². The molecule has 3 aromatic carbocycles. The zero-order valence-corrected chi connectivity index (χ0v) is 58.0. The Morgan fingerprint density at radius 1 is 0.653 bits per heavy atom. The molecular formula is C63H91N14O22PS. The Balaban J connectivity index is 0.824. The number of sulfonamides is 1. The molecule has 5 aromatic rings. The summed E-state index contributed by atoms with van der Waals surface area (Å²) in [6, 6.07) is 10.6. The molecule has 101 heavy (non-hydrogen) atoms. The van der Waals surface area contributed by atoms with Gasteiger partial charge in [-0.25, -0.2) is 22.8 Å². The Morgan fingerprint density at radius 2 is 1.25 bits per heavy atom. The molecule has 1 aliphatic rings. The standard InChI is InChI=1S/C63H91N14O22PS/c1-44-35-50(36-45(2)58(44)101(93,94)72-52(61(86)87)40-69-59(84)47-10-13-53-48(38-47)39-70-77(53)19-4-14-66-62-67-17-18-68-62)98-30-3-7-54(78)64-15-5-28-95-31-33-97-34-32-96-29-6-16-65-60(85)51(37-46-8-11-49(12-9-46)99-100(90,91)92)71-55(79)41-73-20-21-74(42-56(80)81)22-23-75(43-57(82)83)25-27-76(26-24-73)63(88)89/h8-13,17-18,35-36,38-39,51-52,72H,3-7,14-16,19-34,37,40-43H2,1-2H3,(H,64,78)(H,65,85)(H,69,84)(H,71,79)(H,80,81)(H,82,83)(H,86,87)(H,88,89)(H2,66,67,68)(H2,90,91,92)/t51-,52+/m1/s1. The lowest BCUT2D eigenvalue weighted by Gasteiger charge is -2.32. The first-order valence-corrected chi connectivity index (χ1v) is 35.7. The molecule has 1 aliphatic heterocycles. The number of aliphatic carboxylic acids is 3. The van der Waals surface area contributed by atoms with Crippen LogP contribution in [0.3, 0.4) is 0 Å². The van der Waals surface area contributed by atoms with E-state index in [9.17, 15) is 81.6 Å². The molecular weight excluding hydrogens is 1370 g/mol. The van der Waals surface area contributed by atoms with Gasteiger partial charge >= 0.3 is 31.8 Å². The monoisotopic (exact) mass is 1460 g/mol. The van der Waals surface area contributed by atoms with Crippen molar-refractivity contribution in [1.29, 1.82) is 0 Å². The average molecular weight is 1460 g/mol. The lowest BCUT2D eigenvalue weighted by Crippen LogP contribution is -2.53. The van der Waals surface area contributed by atoms with Gasteiger partial charge in [-0.15, -0.1) is 0 Å². The molecule has 0 saturated carbocycles. The molecule has 6 rings (SSSR count). The van der Waals surface area contributed by atoms with Gasteiger partial charge in [-0.2, -0.15) is 9.82 Å². The predicted octanol–water partition coefficient (Wildman–Crippen LogP) is 0.529. The number of carbonyl (C=O) groups excluding carboxylic acids is 4. The summed E-state index contributed by atoms with van der Waals surface area (Å²) < 4.78 is 70.0. The van der Waals surface area contributed by atoms with Crippen LogP contribution in [0.25, 0.3) is 10.9 Å². The number of imidazole rings is 1. The molecule has 36 nitrogen and oxygen atoms in total. The summed E-state index contributed by atoms with van der Waals surface area (Å²) in [6.45, 7) is 5.51. The number of nitrogens with zero attached hydrogens (tertiary/aromatic N) is 7. The van der Waals surface area contributed by atoms with Crippen LogP contribution in [-0.2, 0) is 70.5 Å². The molecule has 38 heteroatoms. The van der Waals surface area contributed by atoms with E-state index in [1.165, 1.54) is 41.3 Å². The second-order valence-corrected chi connectivity index (χ2v) is 26.4. The summed E-state index contributed by atoms with van der Waals surface area (Å²) >= 11 is 0. The zero-order valence-electron chi connectivity index (χ0n) is 56.3. The first kappa shape index (κ1) is 81.1. The lowest BCUT2D eigenvalue weighted by molar-refractivity contribution is -0.140. The van der Waals surface area contributed by atoms with E-state index in [2.05, 4.69) is 50.9 Å². The van der Waals surface area contributed by atoms with Gasteiger partial charge in [0.05, 0.1) is 69.3 Å². The second kappa shape index (κ2) is 41.8. The number of phosphoric acid groups is 1. The molecule has 2 aromatic heterocycles. The average Bonchev–Trinajstić information content (AvgIpc) is 1.34. The fourth-order valence-electron chi connectivity index (χ4n) is 10.6. The second-order valence-electron chi connectivity index (χ2n) is 23.5. The minimum Gasteiger partial charge on any atom is -0.494 e. The van der Waals surface area contributed by atoms with Gasteiger partial charge in [0.25, 0.3) is 5.91 Å². The number of carboxylic acid groups (broad SMARTS) is 4. The Morgan fingerprint density at radius 3 is 1.82 bits per heavy atom. The van der Waals surface area contributed by atoms with Crippen molar-refractivity contribution < 1.29 is 105 Å². The number of aromatic nitrogens is 4. The molecule has 556 valence electrons. The summed E-state index contributed by atoms with van der Waals surface area (Å²) in [5.41, 5.74) is 2.09. The number of aryl methyl sites for hydroxylation is 3. The first-order chi connectivity index (χ1) is 48.2. The third-order valence-electron chi connectivity index (χ3n) is 15.6. The molecule has 0 bridgehead atoms. The van der Waals surface area contributed by atoms with Crippen LogP contribution >= 0.6 is 7.82 Å². The van der Waals surface area contributed by atoms with Crippen molar-refractivity contribution >= 4 is 82.3 Å². The molecule has 13 N–H and O–H groups in total. The fourth-order valence-corrected chi connectivity index (χ4v) is 12.6. The van der Waals surface area contributed by atoms with Crippen LogP contribution in [0.15, 0.2) is 78.1 Å². The van der Waals surface area contributed by atoms with Gasteiger partial charge in [-0.3, -0.25) is 62.7 Å². The number of hydrogen-bond acceptors (Lipinski definition) is 22. The van der Waals surface area contributed by atoms with Gasteiger partial charge in [0.1, 0.15) is 23.6 Å². The van der Waals surface area contributed by atoms with Crippen molar-refractivity contribution in [3.63, 3.8) is 0 Å². The third-order valence-corrected chi connectivity index (χ3v) is 17.8. The minimum atomic E-state index is -4.86. The SMILES string of the molecule is Cc1cc(OCCCC(=O)NCCCOCCOCCOCCCNC(=O)[C@@H](Cc2ccc(OP(=O)(O)O)cc2)NC(=O)CN2CCN(CC(=O)O)CCN(CC(=O)O)CCN(C(=O)O)CC2)cc(C)c1S(=O)(=O)N[C@@H](CNC(=O)c1ccc2c(cnn2CCCNc2ncc[nH]2)c1)C(=O)O. The quantitative estimate of drug-likeness (QED) is 0.0187. The van der Waals surface area contributed by atoms with Gasteiger partial charge < -0.3 is 80.4 Å². The fraction of sp³-hybridized carbons (Fsp3) is 0.524. The molecule has 1 fully saturated rings. The van der Waals surface area contributed by atoms with Crippen LogP contribution < -0.4 is 40.6 Å². The number of aromatic amines is 1. The van der Waals surface area contributed by atoms with Crippen molar-refractivity contribution in [1.82, 2.24) is 65.3 Å². The van der Waals surface area contributed by atoms with E-state index >= 15 is 0 Å². The Labute approximate surface area is 583 Å². The molecule has 0 unspecified atom stereocenters. The van der Waals surface area contributed by atoms with Gasteiger partial charge in [-0.1, -0.05) is 12.1 Å². The largest absolute Gasteiger partial charge is 0.524 e. The van der Waals surface area contributed by atoms with Crippen molar-refractivity contribution in [2.45, 2.75) is 75.9 Å². The van der Waals surface area contributed by atoms with Crippen LogP contribution in [-0.4, -0.2) is 282 Å². The van der Waals surface area contributed by atoms with Gasteiger partial charge in [0.2, 0.25) is 27.7 Å². The van der Waals surface area contributed by atoms with Gasteiger partial charge in [-0.05, 0) is 98.7 Å². The summed E-state index contributed by atoms with van der Waals surface area (Å²) in [4.78, 5) is 132. The molecule has 0 spiro atoms. The van der Waals surface area contributed by atoms with Crippen molar-refractivity contribution in [2.24, 2.45) is 0 Å². The summed E-state index contributed by atoms with van der Waals surface area (Å²) in [5, 5.41) is 58.0. The highest BCUT2D eigenvalue weighted by molar-refractivity contribution is 7.89. The van der Waals surface area contributed by atoms with E-state index < -0.39 is 78.2 Å². The number of amides is 5. The molecule has 2 atom stereocenters. The topological polar surface area (TPSA) is 487 Å². The number of nitrogens with one attached hydrogen (secondary N) is 7. The van der Waals surface area contributed by atoms with E-state index in [0.717, 1.165) is 16.8 Å². The Hall–Kier alpha value is -8.88. The molecule has 0 aliphatic carbocycles. The molecule has 3 heterocycles. The van der Waals surface area contributed by atoms with Gasteiger partial charge in [0.15, 0.2) is 5.95 Å². The number of carbonyl (C=O) groups is 8. The number of H-pyrrole nitrogens is 1. The Kier molecular flexibility index (Phi) is 33.5. The van der Waals surface area contributed by atoms with E-state index in [4.69, 9.17) is 18.9 Å². The number of ether oxygens (including phenoxy) is 4. The number of benzene rings is 3. The highest BCUT2D eigenvalue weighted by atomic mass is 32.2. The number of fused-ring (bicyclic) bond motifs is 1. The van der Waals surface area contributed by atoms with Crippen LogP contribution in [0.1, 0.15) is 59.2 Å². The smallest absolute Gasteiger partial charge is 0.494 e. The summed E-state index contributed by atoms with van der Waals surface area (Å²) in [6.07, 6.45) is 5.84. The number of rotatable bonds is 43. The maximum absolute atomic E-state index is 13.7. The van der Waals surface area contributed by atoms with E-state index in [-0.39, 0.29) is 164 Å². The highest BCUT2D eigenvalue weighted by Gasteiger charge is 2.30. The number of hydrogen-bond donors (Lipinski definition) is 13. The molecule has 1 saturated heterocycles. The lowest BCUT2D eigenvalue weighted by atomic mass is 10.0. The number of carboxylic acids is 3. The predicted molar refractivity (Wildman–Crippen MR) is 363 cm³/mol. The molecule has 0 radical (unpaired) electrons. The normalized spacial score (nSPS) is 14.4. The van der Waals surface area contributed by atoms with Crippen LogP contribution in [0.2, 0.25) is 0 Å². The van der Waals surface area contributed by atoms with Crippen molar-refractivity contribution in [2.75, 3.05) is 150 Å². The first-order valence-electron chi connectivity index (χ1n) is 32.7. The highest BCUT2D eigenvalue weighted by Crippen LogP contribution is 2.37. The van der Waals surface area contributed by atoms with Crippen molar-refractivity contribution in [3.8, 4) is 11.5 Å². The van der Waals surface area contributed by atoms with E-state index in [0.29, 0.717) is 68.2 Å². The summed E-state index contributed by atoms with van der Waals surface area (Å²) in [7, 11) is -9.28. The Bertz CT molecular complexity index is 3650. The number of phosphoric ester groups is 1. The summed E-state index contributed by atoms with van der Waals surface area (Å²) in [5.74, 6) is -4.86. The molecule has 5 amide bonds. The maximum atomic E-state index is 13.7. The van der Waals surface area contributed by atoms with Crippen LogP contribution in [0, 0.1) is 13.8 Å². The van der Waals surface area contributed by atoms with Crippen LogP contribution in [0.5, 0.6) is 11.5 Å². The number of anilines is 1. The van der Waals surface area contributed by atoms with Crippen molar-refractivity contribution in [3.05, 3.63) is 95.4 Å². The maximum Gasteiger partial charge on any atom is 0.524 e. The minimum absolute atomic E-state index is 0.0343. The van der Waals surface area contributed by atoms with Crippen LogP contribution in [0.4, 0.5) is 10.7 Å². The zero-order chi connectivity index (χ0) is 73.3. The van der Waals surface area contributed by atoms with E-state index in [1.807, 2.05) is 0 Å². The van der Waals surface area contributed by atoms with Gasteiger partial charge in [0, 0.05) is 134 Å². The third kappa shape index (κ3) is 30.1.